The lowest BCUT2D eigenvalue weighted by atomic mass is 10.1. The molecule has 0 radical (unpaired) electrons. The van der Waals surface area contributed by atoms with Gasteiger partial charge in [0.2, 0.25) is 5.78 Å². The lowest BCUT2D eigenvalue weighted by molar-refractivity contribution is 0.101. The number of ketones is 1. The van der Waals surface area contributed by atoms with Crippen LogP contribution in [-0.4, -0.2) is 20.0 Å². The highest BCUT2D eigenvalue weighted by Gasteiger charge is 2.32. The van der Waals surface area contributed by atoms with Crippen LogP contribution in [0.15, 0.2) is 42.2 Å². The van der Waals surface area contributed by atoms with Crippen molar-refractivity contribution in [1.29, 1.82) is 5.26 Å². The van der Waals surface area contributed by atoms with Crippen molar-refractivity contribution in [3.05, 3.63) is 58.8 Å². The normalized spacial score (nSPS) is 14.1. The zero-order valence-corrected chi connectivity index (χ0v) is 12.6. The Morgan fingerprint density at radius 3 is 2.48 bits per heavy atom. The van der Waals surface area contributed by atoms with Crippen molar-refractivity contribution in [3.8, 4) is 23.3 Å². The Balaban J connectivity index is 1.99. The van der Waals surface area contributed by atoms with Gasteiger partial charge in [0.15, 0.2) is 5.76 Å². The summed E-state index contributed by atoms with van der Waals surface area (Å²) in [5, 5.41) is 8.81. The molecule has 1 heterocycles. The number of nitrogens with zero attached hydrogens (tertiary/aromatic N) is 1. The Morgan fingerprint density at radius 2 is 1.87 bits per heavy atom. The number of fused-ring (bicyclic) bond motifs is 1. The molecule has 0 spiro atoms. The second kappa shape index (κ2) is 5.85. The van der Waals surface area contributed by atoms with E-state index in [1.54, 1.807) is 42.5 Å². The van der Waals surface area contributed by atoms with Gasteiger partial charge in [-0.15, -0.1) is 0 Å². The van der Waals surface area contributed by atoms with Crippen molar-refractivity contribution in [2.45, 2.75) is 0 Å². The molecule has 1 aliphatic heterocycles. The predicted molar refractivity (Wildman–Crippen MR) is 83.6 cm³/mol. The number of carbonyl (C=O) groups is 1. The Kier molecular flexibility index (Phi) is 3.73. The van der Waals surface area contributed by atoms with Gasteiger partial charge in [0.1, 0.15) is 22.8 Å². The van der Waals surface area contributed by atoms with E-state index in [2.05, 4.69) is 0 Å². The van der Waals surface area contributed by atoms with Crippen LogP contribution in [0.1, 0.15) is 21.5 Å². The van der Waals surface area contributed by atoms with Gasteiger partial charge in [0.25, 0.3) is 0 Å². The molecule has 3 rings (SSSR count). The molecule has 5 heteroatoms. The van der Waals surface area contributed by atoms with Gasteiger partial charge in [-0.3, -0.25) is 4.79 Å². The lowest BCUT2D eigenvalue weighted by Crippen LogP contribution is -2.00. The van der Waals surface area contributed by atoms with Crippen LogP contribution in [0, 0.1) is 11.3 Å². The summed E-state index contributed by atoms with van der Waals surface area (Å²) in [6.07, 6.45) is 1.63. The summed E-state index contributed by atoms with van der Waals surface area (Å²) in [5.41, 5.74) is 1.71. The van der Waals surface area contributed by atoms with E-state index >= 15 is 0 Å². The van der Waals surface area contributed by atoms with Crippen molar-refractivity contribution < 1.29 is 19.0 Å². The number of methoxy groups -OCH3 is 2. The van der Waals surface area contributed by atoms with Crippen molar-refractivity contribution in [1.82, 2.24) is 0 Å². The summed E-state index contributed by atoms with van der Waals surface area (Å²) in [5.74, 6) is 1.33. The highest BCUT2D eigenvalue weighted by molar-refractivity contribution is 6.16. The predicted octanol–water partition coefficient (Wildman–Crippen LogP) is 3.19. The molecule has 0 saturated carbocycles. The molecule has 0 aliphatic carbocycles. The highest BCUT2D eigenvalue weighted by atomic mass is 16.5. The van der Waals surface area contributed by atoms with E-state index in [1.807, 2.05) is 6.07 Å². The fourth-order valence-electron chi connectivity index (χ4n) is 2.34. The molecule has 1 aliphatic rings. The van der Waals surface area contributed by atoms with E-state index < -0.39 is 0 Å². The van der Waals surface area contributed by atoms with Crippen LogP contribution in [0.4, 0.5) is 0 Å². The summed E-state index contributed by atoms with van der Waals surface area (Å²) in [6, 6.07) is 12.2. The summed E-state index contributed by atoms with van der Waals surface area (Å²) < 4.78 is 16.1. The Bertz CT molecular complexity index is 845. The lowest BCUT2D eigenvalue weighted by Gasteiger charge is -2.07. The minimum absolute atomic E-state index is 0.205. The van der Waals surface area contributed by atoms with Gasteiger partial charge in [-0.05, 0) is 23.8 Å². The van der Waals surface area contributed by atoms with Gasteiger partial charge in [-0.2, -0.15) is 5.26 Å². The average Bonchev–Trinajstić information content (AvgIpc) is 2.90. The number of benzene rings is 2. The fraction of sp³-hybridized carbons (Fsp3) is 0.111. The van der Waals surface area contributed by atoms with Gasteiger partial charge in [-0.1, -0.05) is 12.1 Å². The summed E-state index contributed by atoms with van der Waals surface area (Å²) in [7, 11) is 3.02. The topological polar surface area (TPSA) is 68.6 Å². The molecule has 0 unspecified atom stereocenters. The molecule has 0 bridgehead atoms. The summed E-state index contributed by atoms with van der Waals surface area (Å²) in [6.45, 7) is 0. The van der Waals surface area contributed by atoms with Crippen LogP contribution < -0.4 is 14.2 Å². The number of carbonyl (C=O) groups excluding carboxylic acids is 1. The fourth-order valence-corrected chi connectivity index (χ4v) is 2.34. The zero-order chi connectivity index (χ0) is 16.4. The third kappa shape index (κ3) is 2.62. The number of allylic oxidation sites excluding steroid dienone is 1. The number of hydrogen-bond acceptors (Lipinski definition) is 5. The Hall–Kier alpha value is -3.26. The van der Waals surface area contributed by atoms with E-state index in [4.69, 9.17) is 19.5 Å². The van der Waals surface area contributed by atoms with Gasteiger partial charge in [0.05, 0.1) is 25.9 Å². The minimum atomic E-state index is -0.246. The molecule has 0 aromatic heterocycles. The second-order valence-corrected chi connectivity index (χ2v) is 4.88. The van der Waals surface area contributed by atoms with E-state index in [0.29, 0.717) is 28.4 Å². The summed E-state index contributed by atoms with van der Waals surface area (Å²) in [4.78, 5) is 12.5. The number of rotatable bonds is 3. The molecule has 2 aromatic rings. The smallest absolute Gasteiger partial charge is 0.235 e. The highest BCUT2D eigenvalue weighted by Crippen LogP contribution is 2.41. The number of ether oxygens (including phenoxy) is 3. The van der Waals surface area contributed by atoms with Gasteiger partial charge >= 0.3 is 0 Å². The largest absolute Gasteiger partial charge is 0.496 e. The molecule has 5 nitrogen and oxygen atoms in total. The van der Waals surface area contributed by atoms with Crippen LogP contribution in [0.2, 0.25) is 0 Å². The SMILES string of the molecule is COc1cc(OC)c2c(c1)OC(=Cc1ccc(C#N)cc1)C2=O. The van der Waals surface area contributed by atoms with E-state index in [0.717, 1.165) is 5.56 Å². The quantitative estimate of drug-likeness (QED) is 0.815. The molecule has 0 amide bonds. The molecule has 23 heavy (non-hydrogen) atoms. The van der Waals surface area contributed by atoms with Crippen LogP contribution in [0.5, 0.6) is 17.2 Å². The minimum Gasteiger partial charge on any atom is -0.496 e. The maximum atomic E-state index is 12.5. The molecule has 0 atom stereocenters. The molecular formula is C18H13NO4. The third-order valence-corrected chi connectivity index (χ3v) is 3.50. The first kappa shape index (κ1) is 14.7. The molecule has 2 aromatic carbocycles. The van der Waals surface area contributed by atoms with E-state index in [1.165, 1.54) is 14.2 Å². The molecule has 114 valence electrons. The van der Waals surface area contributed by atoms with Crippen LogP contribution in [0.25, 0.3) is 6.08 Å². The van der Waals surface area contributed by atoms with Crippen LogP contribution in [0.3, 0.4) is 0 Å². The van der Waals surface area contributed by atoms with Crippen LogP contribution in [-0.2, 0) is 0 Å². The molecular weight excluding hydrogens is 294 g/mol. The zero-order valence-electron chi connectivity index (χ0n) is 12.6. The number of hydrogen-bond donors (Lipinski definition) is 0. The molecule has 0 saturated heterocycles. The first-order chi connectivity index (χ1) is 11.2. The average molecular weight is 307 g/mol. The molecule has 0 fully saturated rings. The van der Waals surface area contributed by atoms with Gasteiger partial charge in [-0.25, -0.2) is 0 Å². The first-order valence-corrected chi connectivity index (χ1v) is 6.86. The first-order valence-electron chi connectivity index (χ1n) is 6.86. The van der Waals surface area contributed by atoms with E-state index in [9.17, 15) is 4.79 Å². The Morgan fingerprint density at radius 1 is 1.13 bits per heavy atom. The van der Waals surface area contributed by atoms with Crippen molar-refractivity contribution in [2.75, 3.05) is 14.2 Å². The van der Waals surface area contributed by atoms with E-state index in [-0.39, 0.29) is 11.5 Å². The second-order valence-electron chi connectivity index (χ2n) is 4.88. The number of nitriles is 1. The van der Waals surface area contributed by atoms with Gasteiger partial charge < -0.3 is 14.2 Å². The van der Waals surface area contributed by atoms with Crippen molar-refractivity contribution >= 4 is 11.9 Å². The number of Topliss-reactive ketones (excluding diaryl/α,β-unsaturated/α-hetero) is 1. The van der Waals surface area contributed by atoms with Crippen molar-refractivity contribution in [3.63, 3.8) is 0 Å². The van der Waals surface area contributed by atoms with Crippen molar-refractivity contribution in [2.24, 2.45) is 0 Å². The standard InChI is InChI=1S/C18H13NO4/c1-21-13-8-14(22-2)17-15(9-13)23-16(18(17)20)7-11-3-5-12(10-19)6-4-11/h3-9H,1-2H3. The monoisotopic (exact) mass is 307 g/mol. The Labute approximate surface area is 133 Å². The third-order valence-electron chi connectivity index (χ3n) is 3.50. The summed E-state index contributed by atoms with van der Waals surface area (Å²) >= 11 is 0. The maximum absolute atomic E-state index is 12.5. The maximum Gasteiger partial charge on any atom is 0.235 e. The van der Waals surface area contributed by atoms with Crippen LogP contribution >= 0.6 is 0 Å². The molecule has 0 N–H and O–H groups in total. The van der Waals surface area contributed by atoms with Gasteiger partial charge in [0, 0.05) is 12.1 Å².